The fourth-order valence-electron chi connectivity index (χ4n) is 1.85. The second-order valence-electron chi connectivity index (χ2n) is 4.41. The lowest BCUT2D eigenvalue weighted by molar-refractivity contribution is 0.321. The van der Waals surface area contributed by atoms with E-state index in [1.165, 1.54) is 16.0 Å². The summed E-state index contributed by atoms with van der Waals surface area (Å²) in [5, 5.41) is 0.637. The zero-order chi connectivity index (χ0) is 13.1. The average Bonchev–Trinajstić information content (AvgIpc) is 2.68. The van der Waals surface area contributed by atoms with E-state index >= 15 is 0 Å². The molecule has 0 fully saturated rings. The topological polar surface area (TPSA) is 42.2 Å². The van der Waals surface area contributed by atoms with Gasteiger partial charge in [0.05, 0.1) is 0 Å². The molecule has 96 valence electrons. The van der Waals surface area contributed by atoms with Crippen LogP contribution in [0.4, 0.5) is 5.13 Å². The number of anilines is 1. The smallest absolute Gasteiger partial charge is 0.180 e. The van der Waals surface area contributed by atoms with Crippen LogP contribution in [0, 0.1) is 6.92 Å². The van der Waals surface area contributed by atoms with Crippen LogP contribution in [-0.4, -0.2) is 16.9 Å². The number of hydrogen-bond acceptors (Lipinski definition) is 4. The molecule has 0 aliphatic rings. The van der Waals surface area contributed by atoms with Gasteiger partial charge in [-0.3, -0.25) is 4.90 Å². The number of nitrogens with zero attached hydrogens (tertiary/aromatic N) is 2. The minimum atomic E-state index is 0.637. The maximum Gasteiger partial charge on any atom is 0.180 e. The zero-order valence-corrected chi connectivity index (χ0v) is 12.9. The van der Waals surface area contributed by atoms with Crippen LogP contribution in [0.5, 0.6) is 0 Å². The predicted octanol–water partition coefficient (Wildman–Crippen LogP) is 3.43. The lowest BCUT2D eigenvalue weighted by Crippen LogP contribution is -2.17. The van der Waals surface area contributed by atoms with Crippen molar-refractivity contribution in [3.63, 3.8) is 0 Å². The molecule has 1 heterocycles. The Labute approximate surface area is 120 Å². The predicted molar refractivity (Wildman–Crippen MR) is 80.6 cm³/mol. The van der Waals surface area contributed by atoms with Crippen molar-refractivity contribution in [3.05, 3.63) is 44.9 Å². The van der Waals surface area contributed by atoms with Crippen molar-refractivity contribution in [2.45, 2.75) is 20.0 Å². The Hall–Kier alpha value is -0.910. The summed E-state index contributed by atoms with van der Waals surface area (Å²) in [6.07, 6.45) is 1.85. The van der Waals surface area contributed by atoms with Gasteiger partial charge in [0.15, 0.2) is 5.13 Å². The SMILES string of the molecule is Cc1cc(Br)ccc1CN(C)Cc1cnc(N)s1. The monoisotopic (exact) mass is 325 g/mol. The molecule has 5 heteroatoms. The van der Waals surface area contributed by atoms with Crippen LogP contribution in [0.1, 0.15) is 16.0 Å². The Kier molecular flexibility index (Phi) is 4.37. The van der Waals surface area contributed by atoms with E-state index in [9.17, 15) is 0 Å². The first-order valence-corrected chi connectivity index (χ1v) is 7.29. The Balaban J connectivity index is 2.00. The first kappa shape index (κ1) is 13.5. The first-order valence-electron chi connectivity index (χ1n) is 5.68. The molecule has 0 bridgehead atoms. The number of aromatic nitrogens is 1. The standard InChI is InChI=1S/C13H16BrN3S/c1-9-5-11(14)4-3-10(9)7-17(2)8-12-6-16-13(15)18-12/h3-6H,7-8H2,1-2H3,(H2,15,16). The molecular formula is C13H16BrN3S. The molecule has 0 amide bonds. The molecule has 0 aliphatic heterocycles. The summed E-state index contributed by atoms with van der Waals surface area (Å²) in [5.74, 6) is 0. The normalized spacial score (nSPS) is 11.1. The number of thiazole rings is 1. The zero-order valence-electron chi connectivity index (χ0n) is 10.5. The van der Waals surface area contributed by atoms with E-state index < -0.39 is 0 Å². The molecule has 0 atom stereocenters. The molecule has 0 saturated carbocycles. The maximum atomic E-state index is 5.63. The molecule has 2 rings (SSSR count). The molecule has 0 spiro atoms. The molecular weight excluding hydrogens is 310 g/mol. The number of benzene rings is 1. The van der Waals surface area contributed by atoms with Crippen molar-refractivity contribution in [1.29, 1.82) is 0 Å². The van der Waals surface area contributed by atoms with Gasteiger partial charge < -0.3 is 5.73 Å². The summed E-state index contributed by atoms with van der Waals surface area (Å²) in [6, 6.07) is 6.39. The van der Waals surface area contributed by atoms with E-state index in [1.54, 1.807) is 11.3 Å². The number of aryl methyl sites for hydroxylation is 1. The quantitative estimate of drug-likeness (QED) is 0.936. The van der Waals surface area contributed by atoms with Crippen molar-refractivity contribution in [2.24, 2.45) is 0 Å². The summed E-state index contributed by atoms with van der Waals surface area (Å²) < 4.78 is 1.13. The van der Waals surface area contributed by atoms with E-state index in [0.717, 1.165) is 17.6 Å². The van der Waals surface area contributed by atoms with Crippen LogP contribution >= 0.6 is 27.3 Å². The fourth-order valence-corrected chi connectivity index (χ4v) is 3.09. The molecule has 0 unspecified atom stereocenters. The molecule has 0 radical (unpaired) electrons. The van der Waals surface area contributed by atoms with Crippen molar-refractivity contribution in [1.82, 2.24) is 9.88 Å². The number of nitrogen functional groups attached to an aromatic ring is 1. The highest BCUT2D eigenvalue weighted by Gasteiger charge is 2.06. The fraction of sp³-hybridized carbons (Fsp3) is 0.308. The minimum Gasteiger partial charge on any atom is -0.375 e. The van der Waals surface area contributed by atoms with Crippen LogP contribution < -0.4 is 5.73 Å². The van der Waals surface area contributed by atoms with Crippen LogP contribution in [0.25, 0.3) is 0 Å². The van der Waals surface area contributed by atoms with E-state index in [-0.39, 0.29) is 0 Å². The third-order valence-corrected chi connectivity index (χ3v) is 4.05. The van der Waals surface area contributed by atoms with Gasteiger partial charge in [0.2, 0.25) is 0 Å². The van der Waals surface area contributed by atoms with Crippen LogP contribution in [0.3, 0.4) is 0 Å². The minimum absolute atomic E-state index is 0.637. The molecule has 2 N–H and O–H groups in total. The summed E-state index contributed by atoms with van der Waals surface area (Å²) >= 11 is 5.04. The Morgan fingerprint density at radius 2 is 2.17 bits per heavy atom. The van der Waals surface area contributed by atoms with Crippen LogP contribution in [0.2, 0.25) is 0 Å². The van der Waals surface area contributed by atoms with Gasteiger partial charge >= 0.3 is 0 Å². The van der Waals surface area contributed by atoms with Crippen molar-refractivity contribution >= 4 is 32.4 Å². The van der Waals surface area contributed by atoms with E-state index in [1.807, 2.05) is 6.20 Å². The van der Waals surface area contributed by atoms with Crippen LogP contribution in [0.15, 0.2) is 28.9 Å². The molecule has 3 nitrogen and oxygen atoms in total. The van der Waals surface area contributed by atoms with E-state index in [0.29, 0.717) is 5.13 Å². The molecule has 1 aromatic heterocycles. The van der Waals surface area contributed by atoms with Crippen molar-refractivity contribution in [2.75, 3.05) is 12.8 Å². The molecule has 1 aromatic carbocycles. The number of nitrogens with two attached hydrogens (primary N) is 1. The van der Waals surface area contributed by atoms with Gasteiger partial charge in [-0.15, -0.1) is 11.3 Å². The lowest BCUT2D eigenvalue weighted by Gasteiger charge is -2.17. The number of halogens is 1. The van der Waals surface area contributed by atoms with Crippen molar-refractivity contribution in [3.8, 4) is 0 Å². The highest BCUT2D eigenvalue weighted by molar-refractivity contribution is 9.10. The van der Waals surface area contributed by atoms with Gasteiger partial charge in [0.25, 0.3) is 0 Å². The van der Waals surface area contributed by atoms with Gasteiger partial charge in [-0.25, -0.2) is 4.98 Å². The maximum absolute atomic E-state index is 5.63. The largest absolute Gasteiger partial charge is 0.375 e. The van der Waals surface area contributed by atoms with Crippen LogP contribution in [-0.2, 0) is 13.1 Å². The van der Waals surface area contributed by atoms with Crippen molar-refractivity contribution < 1.29 is 0 Å². The second-order valence-corrected chi connectivity index (χ2v) is 6.47. The summed E-state index contributed by atoms with van der Waals surface area (Å²) in [7, 11) is 2.11. The third kappa shape index (κ3) is 3.54. The van der Waals surface area contributed by atoms with Gasteiger partial charge in [0, 0.05) is 28.6 Å². The summed E-state index contributed by atoms with van der Waals surface area (Å²) in [4.78, 5) is 7.54. The summed E-state index contributed by atoms with van der Waals surface area (Å²) in [6.45, 7) is 3.94. The average molecular weight is 326 g/mol. The first-order chi connectivity index (χ1) is 8.54. The van der Waals surface area contributed by atoms with Gasteiger partial charge in [0.1, 0.15) is 0 Å². The Morgan fingerprint density at radius 3 is 2.78 bits per heavy atom. The molecule has 18 heavy (non-hydrogen) atoms. The molecule has 0 saturated heterocycles. The van der Waals surface area contributed by atoms with Gasteiger partial charge in [-0.05, 0) is 37.2 Å². The Morgan fingerprint density at radius 1 is 1.39 bits per heavy atom. The number of rotatable bonds is 4. The van der Waals surface area contributed by atoms with E-state index in [4.69, 9.17) is 5.73 Å². The Bertz CT molecular complexity index is 539. The third-order valence-electron chi connectivity index (χ3n) is 2.74. The summed E-state index contributed by atoms with van der Waals surface area (Å²) in [5.41, 5.74) is 8.28. The second kappa shape index (κ2) is 5.82. The van der Waals surface area contributed by atoms with Gasteiger partial charge in [-0.2, -0.15) is 0 Å². The number of hydrogen-bond donors (Lipinski definition) is 1. The highest BCUT2D eigenvalue weighted by atomic mass is 79.9. The highest BCUT2D eigenvalue weighted by Crippen LogP contribution is 2.20. The van der Waals surface area contributed by atoms with E-state index in [2.05, 4.69) is 58.0 Å². The lowest BCUT2D eigenvalue weighted by atomic mass is 10.1. The molecule has 0 aliphatic carbocycles. The molecule has 2 aromatic rings. The van der Waals surface area contributed by atoms with Gasteiger partial charge in [-0.1, -0.05) is 22.0 Å².